The lowest BCUT2D eigenvalue weighted by Gasteiger charge is -2.28. The highest BCUT2D eigenvalue weighted by Crippen LogP contribution is 2.17. The van der Waals surface area contributed by atoms with E-state index in [1.54, 1.807) is 43.3 Å². The smallest absolute Gasteiger partial charge is 0.256 e. The molecule has 0 aliphatic rings. The van der Waals surface area contributed by atoms with E-state index in [0.29, 0.717) is 23.1 Å². The fourth-order valence-electron chi connectivity index (χ4n) is 2.13. The molecule has 1 N–H and O–H groups in total. The van der Waals surface area contributed by atoms with E-state index in [1.807, 2.05) is 13.0 Å². The molecule has 2 aromatic rings. The number of rotatable bonds is 4. The molecule has 0 saturated heterocycles. The van der Waals surface area contributed by atoms with E-state index < -0.39 is 5.60 Å². The first kappa shape index (κ1) is 14.4. The number of aromatic nitrogens is 2. The lowest BCUT2D eigenvalue weighted by Crippen LogP contribution is -2.42. The first-order valence-corrected chi connectivity index (χ1v) is 6.64. The summed E-state index contributed by atoms with van der Waals surface area (Å²) in [4.78, 5) is 22.7. The fraction of sp³-hybridized carbons (Fsp3) is 0.400. The molecule has 0 aliphatic heterocycles. The number of likely N-dealkylation sites (N-methyl/N-ethyl adjacent to an activating group) is 1. The molecule has 2 rings (SSSR count). The summed E-state index contributed by atoms with van der Waals surface area (Å²) in [6.45, 7) is 6.07. The zero-order valence-electron chi connectivity index (χ0n) is 12.0. The second-order valence-electron chi connectivity index (χ2n) is 5.36. The van der Waals surface area contributed by atoms with Crippen LogP contribution in [0.3, 0.4) is 0 Å². The average molecular weight is 273 g/mol. The molecule has 0 fully saturated rings. The van der Waals surface area contributed by atoms with Crippen LogP contribution in [-0.4, -0.2) is 44.6 Å². The van der Waals surface area contributed by atoms with Gasteiger partial charge in [0.05, 0.1) is 16.7 Å². The van der Waals surface area contributed by atoms with Crippen molar-refractivity contribution < 1.29 is 9.90 Å². The molecule has 0 unspecified atom stereocenters. The zero-order chi connectivity index (χ0) is 14.8. The highest BCUT2D eigenvalue weighted by molar-refractivity contribution is 6.04. The molecule has 106 valence electrons. The molecule has 5 heteroatoms. The molecule has 1 aromatic heterocycles. The summed E-state index contributed by atoms with van der Waals surface area (Å²) in [5, 5.41) is 9.91. The maximum Gasteiger partial charge on any atom is 0.256 e. The van der Waals surface area contributed by atoms with Crippen LogP contribution in [0.2, 0.25) is 0 Å². The third-order valence-electron chi connectivity index (χ3n) is 2.98. The second-order valence-corrected chi connectivity index (χ2v) is 5.36. The van der Waals surface area contributed by atoms with Gasteiger partial charge < -0.3 is 10.0 Å². The van der Waals surface area contributed by atoms with Crippen molar-refractivity contribution in [2.45, 2.75) is 26.4 Å². The maximum absolute atomic E-state index is 12.6. The van der Waals surface area contributed by atoms with Crippen LogP contribution < -0.4 is 0 Å². The van der Waals surface area contributed by atoms with Gasteiger partial charge in [-0.25, -0.2) is 0 Å². The first-order chi connectivity index (χ1) is 9.42. The van der Waals surface area contributed by atoms with Crippen molar-refractivity contribution in [3.05, 3.63) is 36.2 Å². The van der Waals surface area contributed by atoms with Gasteiger partial charge in [-0.1, -0.05) is 6.07 Å². The molecule has 0 bridgehead atoms. The minimum atomic E-state index is -0.929. The minimum Gasteiger partial charge on any atom is -0.389 e. The molecule has 1 aromatic carbocycles. The summed E-state index contributed by atoms with van der Waals surface area (Å²) in [6.07, 6.45) is 3.18. The summed E-state index contributed by atoms with van der Waals surface area (Å²) in [6, 6.07) is 5.36. The zero-order valence-corrected chi connectivity index (χ0v) is 12.0. The van der Waals surface area contributed by atoms with Gasteiger partial charge in [-0.05, 0) is 32.9 Å². The Labute approximate surface area is 118 Å². The topological polar surface area (TPSA) is 66.3 Å². The van der Waals surface area contributed by atoms with Crippen LogP contribution >= 0.6 is 0 Å². The Balaban J connectivity index is 2.40. The summed E-state index contributed by atoms with van der Waals surface area (Å²) in [7, 11) is 0. The summed E-state index contributed by atoms with van der Waals surface area (Å²) in [5.41, 5.74) is 0.871. The predicted molar refractivity (Wildman–Crippen MR) is 77.4 cm³/mol. The number of hydrogen-bond donors (Lipinski definition) is 1. The molecule has 1 amide bonds. The fourth-order valence-corrected chi connectivity index (χ4v) is 2.13. The molecule has 0 atom stereocenters. The van der Waals surface area contributed by atoms with Crippen LogP contribution in [0.1, 0.15) is 31.1 Å². The van der Waals surface area contributed by atoms with Crippen molar-refractivity contribution in [2.24, 2.45) is 0 Å². The highest BCUT2D eigenvalue weighted by Gasteiger charge is 2.23. The van der Waals surface area contributed by atoms with Crippen LogP contribution in [0.5, 0.6) is 0 Å². The Bertz CT molecular complexity index is 615. The third kappa shape index (κ3) is 3.11. The molecule has 5 nitrogen and oxygen atoms in total. The Kier molecular flexibility index (Phi) is 3.99. The third-order valence-corrected chi connectivity index (χ3v) is 2.98. The molecular formula is C15H19N3O2. The van der Waals surface area contributed by atoms with Crippen LogP contribution in [0, 0.1) is 0 Å². The molecule has 1 heterocycles. The Morgan fingerprint density at radius 1 is 1.30 bits per heavy atom. The van der Waals surface area contributed by atoms with Gasteiger partial charge in [0.1, 0.15) is 5.52 Å². The normalized spacial score (nSPS) is 11.6. The summed E-state index contributed by atoms with van der Waals surface area (Å²) < 4.78 is 0. The highest BCUT2D eigenvalue weighted by atomic mass is 16.3. The number of fused-ring (bicyclic) bond motifs is 1. The van der Waals surface area contributed by atoms with E-state index >= 15 is 0 Å². The predicted octanol–water partition coefficient (Wildman–Crippen LogP) is 1.86. The molecule has 0 radical (unpaired) electrons. The summed E-state index contributed by atoms with van der Waals surface area (Å²) in [5.74, 6) is -0.138. The van der Waals surface area contributed by atoms with Crippen molar-refractivity contribution in [2.75, 3.05) is 13.1 Å². The average Bonchev–Trinajstić information content (AvgIpc) is 2.42. The molecule has 0 saturated carbocycles. The van der Waals surface area contributed by atoms with E-state index in [4.69, 9.17) is 0 Å². The van der Waals surface area contributed by atoms with Crippen molar-refractivity contribution in [3.8, 4) is 0 Å². The monoisotopic (exact) mass is 273 g/mol. The standard InChI is InChI=1S/C15H19N3O2/c1-4-18(10-15(2,3)20)14(19)11-6-5-7-12-13(11)17-9-8-16-12/h5-9,20H,4,10H2,1-3H3. The van der Waals surface area contributed by atoms with Crippen molar-refractivity contribution in [3.63, 3.8) is 0 Å². The number of carbonyl (C=O) groups excluding carboxylic acids is 1. The van der Waals surface area contributed by atoms with Crippen molar-refractivity contribution >= 4 is 16.9 Å². The van der Waals surface area contributed by atoms with Gasteiger partial charge in [0.25, 0.3) is 5.91 Å². The van der Waals surface area contributed by atoms with E-state index in [-0.39, 0.29) is 12.5 Å². The number of para-hydroxylation sites is 1. The Hall–Kier alpha value is -2.01. The van der Waals surface area contributed by atoms with Gasteiger partial charge >= 0.3 is 0 Å². The molecule has 0 aliphatic carbocycles. The van der Waals surface area contributed by atoms with E-state index in [1.165, 1.54) is 0 Å². The number of aliphatic hydroxyl groups is 1. The van der Waals surface area contributed by atoms with Crippen LogP contribution in [0.4, 0.5) is 0 Å². The molecule has 0 spiro atoms. The van der Waals surface area contributed by atoms with Gasteiger partial charge in [0.15, 0.2) is 0 Å². The van der Waals surface area contributed by atoms with Crippen LogP contribution in [-0.2, 0) is 0 Å². The van der Waals surface area contributed by atoms with Gasteiger partial charge in [0.2, 0.25) is 0 Å². The summed E-state index contributed by atoms with van der Waals surface area (Å²) >= 11 is 0. The van der Waals surface area contributed by atoms with Crippen LogP contribution in [0.15, 0.2) is 30.6 Å². The second kappa shape index (κ2) is 5.54. The number of nitrogens with zero attached hydrogens (tertiary/aromatic N) is 3. The van der Waals surface area contributed by atoms with Gasteiger partial charge in [0, 0.05) is 25.5 Å². The number of benzene rings is 1. The first-order valence-electron chi connectivity index (χ1n) is 6.64. The maximum atomic E-state index is 12.6. The van der Waals surface area contributed by atoms with E-state index in [9.17, 15) is 9.90 Å². The van der Waals surface area contributed by atoms with Crippen molar-refractivity contribution in [1.29, 1.82) is 0 Å². The number of hydrogen-bond acceptors (Lipinski definition) is 4. The largest absolute Gasteiger partial charge is 0.389 e. The van der Waals surface area contributed by atoms with Gasteiger partial charge in [-0.2, -0.15) is 0 Å². The SMILES string of the molecule is CCN(CC(C)(C)O)C(=O)c1cccc2nccnc12. The van der Waals surface area contributed by atoms with E-state index in [2.05, 4.69) is 9.97 Å². The van der Waals surface area contributed by atoms with Gasteiger partial charge in [-0.3, -0.25) is 14.8 Å². The quantitative estimate of drug-likeness (QED) is 0.923. The lowest BCUT2D eigenvalue weighted by molar-refractivity contribution is 0.0315. The number of amides is 1. The van der Waals surface area contributed by atoms with Gasteiger partial charge in [-0.15, -0.1) is 0 Å². The Morgan fingerprint density at radius 3 is 2.65 bits per heavy atom. The number of carbonyl (C=O) groups is 1. The Morgan fingerprint density at radius 2 is 2.00 bits per heavy atom. The van der Waals surface area contributed by atoms with E-state index in [0.717, 1.165) is 0 Å². The minimum absolute atomic E-state index is 0.138. The van der Waals surface area contributed by atoms with Crippen LogP contribution in [0.25, 0.3) is 11.0 Å². The lowest BCUT2D eigenvalue weighted by atomic mass is 10.1. The molecule has 20 heavy (non-hydrogen) atoms. The molecular weight excluding hydrogens is 254 g/mol. The van der Waals surface area contributed by atoms with Crippen molar-refractivity contribution in [1.82, 2.24) is 14.9 Å².